The fourth-order valence-electron chi connectivity index (χ4n) is 1.86. The van der Waals surface area contributed by atoms with Crippen molar-refractivity contribution in [3.05, 3.63) is 28.5 Å². The van der Waals surface area contributed by atoms with Crippen LogP contribution in [0.3, 0.4) is 0 Å². The van der Waals surface area contributed by atoms with Crippen molar-refractivity contribution in [3.8, 4) is 0 Å². The van der Waals surface area contributed by atoms with Gasteiger partial charge in [-0.25, -0.2) is 12.8 Å². The zero-order valence-electron chi connectivity index (χ0n) is 10.1. The van der Waals surface area contributed by atoms with Gasteiger partial charge in [0.2, 0.25) is 10.0 Å². The number of benzene rings is 1. The summed E-state index contributed by atoms with van der Waals surface area (Å²) < 4.78 is 40.7. The first-order chi connectivity index (χ1) is 9.27. The van der Waals surface area contributed by atoms with E-state index in [1.807, 2.05) is 0 Å². The molecule has 0 aliphatic carbocycles. The number of sulfonamides is 1. The second kappa shape index (κ2) is 5.63. The topological polar surface area (TPSA) is 83.5 Å². The number of hydrogen-bond donors (Lipinski definition) is 2. The molecule has 0 aromatic heterocycles. The van der Waals surface area contributed by atoms with E-state index in [9.17, 15) is 22.7 Å². The molecule has 0 amide bonds. The minimum absolute atomic E-state index is 0.125. The molecule has 20 heavy (non-hydrogen) atoms. The molecule has 1 heterocycles. The summed E-state index contributed by atoms with van der Waals surface area (Å²) in [4.78, 5) is 10.8. The zero-order chi connectivity index (χ0) is 15.0. The predicted octanol–water partition coefficient (Wildman–Crippen LogP) is 1.83. The third kappa shape index (κ3) is 3.00. The molecule has 110 valence electrons. The highest BCUT2D eigenvalue weighted by atomic mass is 79.9. The first-order valence-electron chi connectivity index (χ1n) is 5.57. The Morgan fingerprint density at radius 3 is 2.70 bits per heavy atom. The lowest BCUT2D eigenvalue weighted by atomic mass is 10.0. The highest BCUT2D eigenvalue weighted by Gasteiger charge is 2.45. The molecule has 0 radical (unpaired) electrons. The molecular formula is C11H11BrFNO4S2. The van der Waals surface area contributed by atoms with E-state index in [1.165, 1.54) is 17.8 Å². The molecule has 1 aliphatic rings. The monoisotopic (exact) mass is 383 g/mol. The molecule has 2 N–H and O–H groups in total. The molecule has 5 nitrogen and oxygen atoms in total. The Morgan fingerprint density at radius 2 is 2.20 bits per heavy atom. The van der Waals surface area contributed by atoms with E-state index in [0.717, 1.165) is 12.1 Å². The van der Waals surface area contributed by atoms with Gasteiger partial charge in [0, 0.05) is 10.2 Å². The van der Waals surface area contributed by atoms with Crippen LogP contribution in [0.1, 0.15) is 6.42 Å². The van der Waals surface area contributed by atoms with Gasteiger partial charge in [-0.3, -0.25) is 4.79 Å². The predicted molar refractivity (Wildman–Crippen MR) is 76.7 cm³/mol. The summed E-state index contributed by atoms with van der Waals surface area (Å²) in [5, 5.41) is 9.25. The van der Waals surface area contributed by atoms with Gasteiger partial charge in [-0.05, 0) is 30.4 Å². The largest absolute Gasteiger partial charge is 0.480 e. The second-order valence-corrected chi connectivity index (χ2v) is 8.04. The molecule has 1 unspecified atom stereocenters. The first kappa shape index (κ1) is 15.7. The Morgan fingerprint density at radius 1 is 1.50 bits per heavy atom. The number of rotatable bonds is 4. The summed E-state index contributed by atoms with van der Waals surface area (Å²) in [7, 11) is -4.23. The lowest BCUT2D eigenvalue weighted by molar-refractivity contribution is -0.142. The van der Waals surface area contributed by atoms with Gasteiger partial charge >= 0.3 is 5.97 Å². The van der Waals surface area contributed by atoms with Gasteiger partial charge < -0.3 is 5.11 Å². The molecule has 0 saturated carbocycles. The zero-order valence-corrected chi connectivity index (χ0v) is 13.3. The van der Waals surface area contributed by atoms with Gasteiger partial charge in [0.15, 0.2) is 0 Å². The summed E-state index contributed by atoms with van der Waals surface area (Å²) in [5.74, 6) is -1.51. The molecule has 1 aromatic carbocycles. The van der Waals surface area contributed by atoms with Crippen LogP contribution in [-0.2, 0) is 14.8 Å². The van der Waals surface area contributed by atoms with Crippen LogP contribution in [-0.4, -0.2) is 36.5 Å². The molecule has 0 spiro atoms. The van der Waals surface area contributed by atoms with Gasteiger partial charge in [-0.2, -0.15) is 16.5 Å². The number of carboxylic acids is 1. The van der Waals surface area contributed by atoms with Gasteiger partial charge in [0.25, 0.3) is 0 Å². The molecule has 1 fully saturated rings. The second-order valence-electron chi connectivity index (χ2n) is 4.37. The van der Waals surface area contributed by atoms with Crippen molar-refractivity contribution >= 4 is 43.7 Å². The number of carboxylic acid groups (broad SMARTS) is 1. The highest BCUT2D eigenvalue weighted by molar-refractivity contribution is 9.10. The van der Waals surface area contributed by atoms with Crippen LogP contribution in [0.15, 0.2) is 27.6 Å². The van der Waals surface area contributed by atoms with Crippen molar-refractivity contribution < 1.29 is 22.7 Å². The van der Waals surface area contributed by atoms with Crippen molar-refractivity contribution in [2.24, 2.45) is 0 Å². The van der Waals surface area contributed by atoms with E-state index in [-0.39, 0.29) is 12.2 Å². The van der Waals surface area contributed by atoms with Crippen LogP contribution < -0.4 is 4.72 Å². The number of halogens is 2. The molecule has 1 aromatic rings. The summed E-state index contributed by atoms with van der Waals surface area (Å²) in [6.45, 7) is 0. The number of nitrogens with one attached hydrogen (secondary N) is 1. The van der Waals surface area contributed by atoms with E-state index < -0.39 is 32.2 Å². The van der Waals surface area contributed by atoms with Gasteiger partial charge in [0.1, 0.15) is 16.3 Å². The Labute approximate surface area is 128 Å². The number of aliphatic carboxylic acids is 1. The Balaban J connectivity index is 2.38. The summed E-state index contributed by atoms with van der Waals surface area (Å²) in [6.07, 6.45) is 0.171. The number of thioether (sulfide) groups is 1. The van der Waals surface area contributed by atoms with Crippen molar-refractivity contribution in [3.63, 3.8) is 0 Å². The van der Waals surface area contributed by atoms with Crippen molar-refractivity contribution in [1.82, 2.24) is 4.72 Å². The third-order valence-corrected chi connectivity index (χ3v) is 6.20. The van der Waals surface area contributed by atoms with Gasteiger partial charge in [0.05, 0.1) is 0 Å². The smallest absolute Gasteiger partial charge is 0.325 e. The Kier molecular flexibility index (Phi) is 4.43. The average molecular weight is 384 g/mol. The SMILES string of the molecule is O=C(O)C1(NS(=O)(=O)c2ccc(Br)cc2F)CCSC1. The third-order valence-electron chi connectivity index (χ3n) is 2.94. The van der Waals surface area contributed by atoms with Crippen LogP contribution in [0.5, 0.6) is 0 Å². The highest BCUT2D eigenvalue weighted by Crippen LogP contribution is 2.30. The van der Waals surface area contributed by atoms with Crippen molar-refractivity contribution in [2.75, 3.05) is 11.5 Å². The maximum Gasteiger partial charge on any atom is 0.325 e. The molecular weight excluding hydrogens is 373 g/mol. The van der Waals surface area contributed by atoms with Crippen LogP contribution >= 0.6 is 27.7 Å². The number of carbonyl (C=O) groups is 1. The van der Waals surface area contributed by atoms with E-state index in [1.54, 1.807) is 0 Å². The quantitative estimate of drug-likeness (QED) is 0.828. The summed E-state index contributed by atoms with van der Waals surface area (Å²) >= 11 is 4.38. The summed E-state index contributed by atoms with van der Waals surface area (Å²) in [6, 6.07) is 3.50. The minimum atomic E-state index is -4.23. The van der Waals surface area contributed by atoms with Gasteiger partial charge in [-0.1, -0.05) is 15.9 Å². The molecule has 9 heteroatoms. The fourth-order valence-corrected chi connectivity index (χ4v) is 5.06. The minimum Gasteiger partial charge on any atom is -0.480 e. The number of hydrogen-bond acceptors (Lipinski definition) is 4. The van der Waals surface area contributed by atoms with Crippen LogP contribution in [0.4, 0.5) is 4.39 Å². The lowest BCUT2D eigenvalue weighted by Crippen LogP contribution is -2.54. The molecule has 1 aliphatic heterocycles. The average Bonchev–Trinajstić information content (AvgIpc) is 2.77. The van der Waals surface area contributed by atoms with E-state index in [2.05, 4.69) is 20.7 Å². The van der Waals surface area contributed by atoms with Crippen LogP contribution in [0, 0.1) is 5.82 Å². The van der Waals surface area contributed by atoms with Crippen LogP contribution in [0.2, 0.25) is 0 Å². The fraction of sp³-hybridized carbons (Fsp3) is 0.364. The molecule has 1 atom stereocenters. The van der Waals surface area contributed by atoms with Crippen molar-refractivity contribution in [2.45, 2.75) is 16.9 Å². The lowest BCUT2D eigenvalue weighted by Gasteiger charge is -2.24. The normalized spacial score (nSPS) is 22.9. The molecule has 0 bridgehead atoms. The van der Waals surface area contributed by atoms with Crippen LogP contribution in [0.25, 0.3) is 0 Å². The first-order valence-corrected chi connectivity index (χ1v) is 9.00. The standard InChI is InChI=1S/C11H11BrFNO4S2/c12-7-1-2-9(8(13)5-7)20(17,18)14-11(10(15)16)3-4-19-6-11/h1-2,5,14H,3-4,6H2,(H,15,16). The Hall–Kier alpha value is -0.640. The van der Waals surface area contributed by atoms with Gasteiger partial charge in [-0.15, -0.1) is 0 Å². The van der Waals surface area contributed by atoms with E-state index in [4.69, 9.17) is 0 Å². The molecule has 1 saturated heterocycles. The maximum atomic E-state index is 13.7. The van der Waals surface area contributed by atoms with E-state index in [0.29, 0.717) is 10.2 Å². The van der Waals surface area contributed by atoms with E-state index >= 15 is 0 Å². The maximum absolute atomic E-state index is 13.7. The Bertz CT molecular complexity index is 644. The molecule has 2 rings (SSSR count). The van der Waals surface area contributed by atoms with Crippen molar-refractivity contribution in [1.29, 1.82) is 0 Å². The summed E-state index contributed by atoms with van der Waals surface area (Å²) in [5.41, 5.74) is -1.57.